The largest absolute Gasteiger partial charge is 0.398 e. The zero-order valence-corrected chi connectivity index (χ0v) is 8.67. The molecule has 0 spiro atoms. The lowest BCUT2D eigenvalue weighted by Crippen LogP contribution is -1.97. The normalized spacial score (nSPS) is 10.4. The first-order valence-corrected chi connectivity index (χ1v) is 4.75. The van der Waals surface area contributed by atoms with Crippen LogP contribution in [-0.2, 0) is 0 Å². The maximum atomic E-state index is 13.8. The van der Waals surface area contributed by atoms with Gasteiger partial charge in [-0.05, 0) is 24.6 Å². The van der Waals surface area contributed by atoms with Crippen molar-refractivity contribution in [1.29, 1.82) is 0 Å². The number of halogens is 2. The number of anilines is 1. The molecule has 0 radical (unpaired) electrons. The minimum atomic E-state index is -0.636. The highest BCUT2D eigenvalue weighted by Crippen LogP contribution is 2.31. The van der Waals surface area contributed by atoms with Gasteiger partial charge in [0.15, 0.2) is 0 Å². The number of nitrogens with two attached hydrogens (primary N) is 1. The van der Waals surface area contributed by atoms with Gasteiger partial charge in [0.25, 0.3) is 0 Å². The zero-order chi connectivity index (χ0) is 11.7. The summed E-state index contributed by atoms with van der Waals surface area (Å²) >= 11 is 0. The lowest BCUT2D eigenvalue weighted by Gasteiger charge is -2.09. The molecule has 0 atom stereocenters. The molecule has 0 saturated heterocycles. The molecule has 16 heavy (non-hydrogen) atoms. The Morgan fingerprint density at radius 2 is 1.94 bits per heavy atom. The summed E-state index contributed by atoms with van der Waals surface area (Å²) in [6.07, 6.45) is 2.83. The van der Waals surface area contributed by atoms with Gasteiger partial charge >= 0.3 is 0 Å². The van der Waals surface area contributed by atoms with Crippen LogP contribution in [0, 0.1) is 18.6 Å². The van der Waals surface area contributed by atoms with E-state index in [0.29, 0.717) is 11.3 Å². The molecule has 2 nitrogen and oxygen atoms in total. The van der Waals surface area contributed by atoms with E-state index in [9.17, 15) is 8.78 Å². The number of nitrogens with zero attached hydrogens (tertiary/aromatic N) is 1. The molecule has 1 heterocycles. The summed E-state index contributed by atoms with van der Waals surface area (Å²) in [6.45, 7) is 1.57. The molecule has 0 aliphatic heterocycles. The Balaban J connectivity index is 2.74. The Bertz CT molecular complexity index is 539. The van der Waals surface area contributed by atoms with Crippen LogP contribution in [0.15, 0.2) is 30.6 Å². The first kappa shape index (κ1) is 10.5. The van der Waals surface area contributed by atoms with Crippen LogP contribution in [0.25, 0.3) is 11.1 Å². The second kappa shape index (κ2) is 3.89. The van der Waals surface area contributed by atoms with Crippen LogP contribution in [-0.4, -0.2) is 4.98 Å². The summed E-state index contributed by atoms with van der Waals surface area (Å²) in [7, 11) is 0. The highest BCUT2D eigenvalue weighted by Gasteiger charge is 2.15. The smallest absolute Gasteiger partial charge is 0.137 e. The lowest BCUT2D eigenvalue weighted by molar-refractivity contribution is 0.584. The quantitative estimate of drug-likeness (QED) is 0.802. The van der Waals surface area contributed by atoms with E-state index in [1.165, 1.54) is 30.6 Å². The Morgan fingerprint density at radius 1 is 1.19 bits per heavy atom. The van der Waals surface area contributed by atoms with E-state index in [1.54, 1.807) is 6.92 Å². The van der Waals surface area contributed by atoms with E-state index in [1.807, 2.05) is 0 Å². The Kier molecular flexibility index (Phi) is 2.56. The van der Waals surface area contributed by atoms with Gasteiger partial charge in [-0.2, -0.15) is 0 Å². The molecule has 0 aliphatic rings. The molecule has 0 aliphatic carbocycles. The SMILES string of the molecule is Cc1ccc(F)c(-c2cnccc2N)c1F. The van der Waals surface area contributed by atoms with Gasteiger partial charge in [-0.1, -0.05) is 6.07 Å². The zero-order valence-electron chi connectivity index (χ0n) is 8.67. The number of aryl methyl sites for hydroxylation is 1. The summed E-state index contributed by atoms with van der Waals surface area (Å²) in [4.78, 5) is 3.82. The topological polar surface area (TPSA) is 38.9 Å². The monoisotopic (exact) mass is 220 g/mol. The fraction of sp³-hybridized carbons (Fsp3) is 0.0833. The molecule has 1 aromatic carbocycles. The van der Waals surface area contributed by atoms with Crippen molar-refractivity contribution in [2.75, 3.05) is 5.73 Å². The average Bonchev–Trinajstić information content (AvgIpc) is 2.27. The van der Waals surface area contributed by atoms with Crippen LogP contribution in [0.3, 0.4) is 0 Å². The summed E-state index contributed by atoms with van der Waals surface area (Å²) < 4.78 is 27.4. The summed E-state index contributed by atoms with van der Waals surface area (Å²) in [6, 6.07) is 4.12. The molecule has 0 bridgehead atoms. The molecular weight excluding hydrogens is 210 g/mol. The van der Waals surface area contributed by atoms with Crippen molar-refractivity contribution < 1.29 is 8.78 Å². The van der Waals surface area contributed by atoms with Gasteiger partial charge in [-0.15, -0.1) is 0 Å². The van der Waals surface area contributed by atoms with Crippen molar-refractivity contribution in [3.05, 3.63) is 47.8 Å². The molecule has 1 aromatic heterocycles. The van der Waals surface area contributed by atoms with E-state index in [-0.39, 0.29) is 11.1 Å². The third-order valence-electron chi connectivity index (χ3n) is 2.41. The molecule has 0 fully saturated rings. The number of hydrogen-bond donors (Lipinski definition) is 1. The Labute approximate surface area is 91.7 Å². The van der Waals surface area contributed by atoms with Gasteiger partial charge in [0.1, 0.15) is 11.6 Å². The third-order valence-corrected chi connectivity index (χ3v) is 2.41. The fourth-order valence-corrected chi connectivity index (χ4v) is 1.52. The molecule has 0 unspecified atom stereocenters. The predicted molar refractivity (Wildman–Crippen MR) is 58.7 cm³/mol. The van der Waals surface area contributed by atoms with Crippen LogP contribution in [0.4, 0.5) is 14.5 Å². The Hall–Kier alpha value is -1.97. The van der Waals surface area contributed by atoms with Crippen LogP contribution in [0.5, 0.6) is 0 Å². The van der Waals surface area contributed by atoms with Crippen molar-refractivity contribution in [3.8, 4) is 11.1 Å². The number of benzene rings is 1. The van der Waals surface area contributed by atoms with E-state index in [2.05, 4.69) is 4.98 Å². The van der Waals surface area contributed by atoms with Gasteiger partial charge in [0.2, 0.25) is 0 Å². The molecular formula is C12H10F2N2. The van der Waals surface area contributed by atoms with Gasteiger partial charge in [-0.3, -0.25) is 4.98 Å². The van der Waals surface area contributed by atoms with Crippen LogP contribution < -0.4 is 5.73 Å². The van der Waals surface area contributed by atoms with Crippen LogP contribution in [0.1, 0.15) is 5.56 Å². The number of pyridine rings is 1. The van der Waals surface area contributed by atoms with Gasteiger partial charge in [-0.25, -0.2) is 8.78 Å². The van der Waals surface area contributed by atoms with Crippen molar-refractivity contribution in [2.24, 2.45) is 0 Å². The predicted octanol–water partition coefficient (Wildman–Crippen LogP) is 2.92. The number of aromatic nitrogens is 1. The highest BCUT2D eigenvalue weighted by molar-refractivity contribution is 5.76. The van der Waals surface area contributed by atoms with E-state index < -0.39 is 11.6 Å². The molecule has 4 heteroatoms. The highest BCUT2D eigenvalue weighted by atomic mass is 19.1. The maximum absolute atomic E-state index is 13.8. The van der Waals surface area contributed by atoms with Crippen molar-refractivity contribution >= 4 is 5.69 Å². The van der Waals surface area contributed by atoms with E-state index in [0.717, 1.165) is 0 Å². The van der Waals surface area contributed by atoms with E-state index in [4.69, 9.17) is 5.73 Å². The molecule has 0 amide bonds. The van der Waals surface area contributed by atoms with Crippen molar-refractivity contribution in [3.63, 3.8) is 0 Å². The standard InChI is InChI=1S/C12H10F2N2/c1-7-2-3-9(13)11(12(7)14)8-6-16-5-4-10(8)15/h2-6H,1H3,(H2,15,16). The summed E-state index contributed by atoms with van der Waals surface area (Å²) in [5.41, 5.74) is 6.50. The van der Waals surface area contributed by atoms with Crippen molar-refractivity contribution in [1.82, 2.24) is 4.98 Å². The van der Waals surface area contributed by atoms with Gasteiger partial charge < -0.3 is 5.73 Å². The molecule has 0 saturated carbocycles. The molecule has 2 N–H and O–H groups in total. The second-order valence-electron chi connectivity index (χ2n) is 3.52. The molecule has 82 valence electrons. The first-order valence-electron chi connectivity index (χ1n) is 4.75. The second-order valence-corrected chi connectivity index (χ2v) is 3.52. The Morgan fingerprint density at radius 3 is 2.62 bits per heavy atom. The lowest BCUT2D eigenvalue weighted by atomic mass is 10.0. The first-order chi connectivity index (χ1) is 7.61. The summed E-state index contributed by atoms with van der Waals surface area (Å²) in [5, 5.41) is 0. The number of rotatable bonds is 1. The van der Waals surface area contributed by atoms with E-state index >= 15 is 0 Å². The maximum Gasteiger partial charge on any atom is 0.137 e. The fourth-order valence-electron chi connectivity index (χ4n) is 1.52. The molecule has 2 aromatic rings. The third kappa shape index (κ3) is 1.62. The van der Waals surface area contributed by atoms with Gasteiger partial charge in [0, 0.05) is 23.6 Å². The summed E-state index contributed by atoms with van der Waals surface area (Å²) in [5.74, 6) is -1.23. The van der Waals surface area contributed by atoms with Gasteiger partial charge in [0.05, 0.1) is 5.56 Å². The average molecular weight is 220 g/mol. The molecule has 2 rings (SSSR count). The number of hydrogen-bond acceptors (Lipinski definition) is 2. The van der Waals surface area contributed by atoms with Crippen molar-refractivity contribution in [2.45, 2.75) is 6.92 Å². The minimum Gasteiger partial charge on any atom is -0.398 e. The number of nitrogen functional groups attached to an aromatic ring is 1. The van der Waals surface area contributed by atoms with Crippen LogP contribution in [0.2, 0.25) is 0 Å². The minimum absolute atomic E-state index is 0.120. The van der Waals surface area contributed by atoms with Crippen LogP contribution >= 0.6 is 0 Å².